The summed E-state index contributed by atoms with van der Waals surface area (Å²) in [4.78, 5) is 11.4. The van der Waals surface area contributed by atoms with Gasteiger partial charge in [-0.3, -0.25) is 4.79 Å². The number of ketones is 1. The van der Waals surface area contributed by atoms with Crippen LogP contribution in [0.25, 0.3) is 0 Å². The van der Waals surface area contributed by atoms with Crippen molar-refractivity contribution in [1.82, 2.24) is 0 Å². The van der Waals surface area contributed by atoms with Crippen LogP contribution < -0.4 is 15.2 Å². The third-order valence-corrected chi connectivity index (χ3v) is 2.73. The highest BCUT2D eigenvalue weighted by molar-refractivity contribution is 5.97. The van der Waals surface area contributed by atoms with Gasteiger partial charge in [-0.25, -0.2) is 0 Å². The summed E-state index contributed by atoms with van der Waals surface area (Å²) in [7, 11) is 0. The number of nitrogens with two attached hydrogens (primary N) is 1. The van der Waals surface area contributed by atoms with Gasteiger partial charge in [0, 0.05) is 5.56 Å². The Labute approximate surface area is 118 Å². The molecule has 2 N–H and O–H groups in total. The van der Waals surface area contributed by atoms with Crippen molar-refractivity contribution in [2.45, 2.75) is 6.92 Å². The summed E-state index contributed by atoms with van der Waals surface area (Å²) >= 11 is 0. The number of carbonyl (C=O) groups is 1. The van der Waals surface area contributed by atoms with Gasteiger partial charge in [0.2, 0.25) is 0 Å². The topological polar surface area (TPSA) is 61.5 Å². The predicted molar refractivity (Wildman–Crippen MR) is 77.5 cm³/mol. The molecule has 2 aromatic rings. The summed E-state index contributed by atoms with van der Waals surface area (Å²) in [5.41, 5.74) is 5.90. The van der Waals surface area contributed by atoms with Gasteiger partial charge in [-0.15, -0.1) is 0 Å². The largest absolute Gasteiger partial charge is 0.494 e. The first-order valence-electron chi connectivity index (χ1n) is 6.47. The maximum absolute atomic E-state index is 11.4. The van der Waals surface area contributed by atoms with Gasteiger partial charge in [-0.1, -0.05) is 0 Å². The van der Waals surface area contributed by atoms with Crippen LogP contribution in [-0.4, -0.2) is 18.9 Å². The minimum atomic E-state index is -0.0855. The van der Waals surface area contributed by atoms with Gasteiger partial charge in [0.25, 0.3) is 0 Å². The summed E-state index contributed by atoms with van der Waals surface area (Å²) in [5.74, 6) is 2.11. The highest BCUT2D eigenvalue weighted by atomic mass is 16.5. The molecule has 0 heterocycles. The van der Waals surface area contributed by atoms with E-state index in [0.717, 1.165) is 5.75 Å². The molecular formula is C16H17NO3. The van der Waals surface area contributed by atoms with Crippen molar-refractivity contribution in [2.75, 3.05) is 13.2 Å². The highest BCUT2D eigenvalue weighted by Gasteiger charge is 2.04. The third-order valence-electron chi connectivity index (χ3n) is 2.73. The monoisotopic (exact) mass is 271 g/mol. The Bertz CT molecular complexity index is 561. The Kier molecular flexibility index (Phi) is 4.74. The molecule has 0 aliphatic heterocycles. The van der Waals surface area contributed by atoms with Crippen LogP contribution in [0.2, 0.25) is 0 Å². The van der Waals surface area contributed by atoms with Gasteiger partial charge >= 0.3 is 0 Å². The summed E-state index contributed by atoms with van der Waals surface area (Å²) in [5, 5.41) is 0. The molecule has 0 bridgehead atoms. The molecule has 104 valence electrons. The summed E-state index contributed by atoms with van der Waals surface area (Å²) < 4.78 is 11.0. The van der Waals surface area contributed by atoms with Gasteiger partial charge < -0.3 is 15.2 Å². The first-order valence-corrected chi connectivity index (χ1v) is 6.47. The van der Waals surface area contributed by atoms with Crippen LogP contribution >= 0.6 is 0 Å². The molecule has 0 atom stereocenters. The fraction of sp³-hybridized carbons (Fsp3) is 0.188. The zero-order valence-electron chi connectivity index (χ0n) is 11.3. The van der Waals surface area contributed by atoms with E-state index in [1.54, 1.807) is 24.3 Å². The molecule has 0 aromatic heterocycles. The van der Waals surface area contributed by atoms with Crippen molar-refractivity contribution < 1.29 is 14.3 Å². The molecular weight excluding hydrogens is 254 g/mol. The number of rotatable bonds is 6. The number of hydrogen-bond donors (Lipinski definition) is 1. The molecule has 0 fully saturated rings. The van der Waals surface area contributed by atoms with Crippen molar-refractivity contribution in [3.05, 3.63) is 54.1 Å². The van der Waals surface area contributed by atoms with E-state index in [1.165, 1.54) is 0 Å². The minimum Gasteiger partial charge on any atom is -0.494 e. The summed E-state index contributed by atoms with van der Waals surface area (Å²) in [6, 6.07) is 14.3. The second-order valence-electron chi connectivity index (χ2n) is 4.16. The van der Waals surface area contributed by atoms with Gasteiger partial charge in [0.15, 0.2) is 5.78 Å². The van der Waals surface area contributed by atoms with Crippen LogP contribution in [0.15, 0.2) is 48.5 Å². The normalized spacial score (nSPS) is 10.1. The molecule has 0 unspecified atom stereocenters. The zero-order valence-corrected chi connectivity index (χ0v) is 11.3. The van der Waals surface area contributed by atoms with Crippen molar-refractivity contribution in [1.29, 1.82) is 0 Å². The maximum Gasteiger partial charge on any atom is 0.176 e. The van der Waals surface area contributed by atoms with Crippen molar-refractivity contribution in [3.63, 3.8) is 0 Å². The fourth-order valence-electron chi connectivity index (χ4n) is 1.73. The van der Waals surface area contributed by atoms with E-state index in [2.05, 4.69) is 0 Å². The lowest BCUT2D eigenvalue weighted by Crippen LogP contribution is -2.13. The molecule has 0 radical (unpaired) electrons. The molecule has 0 amide bonds. The van der Waals surface area contributed by atoms with Gasteiger partial charge in [0.1, 0.15) is 17.2 Å². The number of hydrogen-bond acceptors (Lipinski definition) is 4. The Morgan fingerprint density at radius 2 is 1.45 bits per heavy atom. The molecule has 0 spiro atoms. The Balaban J connectivity index is 2.04. The zero-order chi connectivity index (χ0) is 14.4. The van der Waals surface area contributed by atoms with E-state index in [1.807, 2.05) is 31.2 Å². The van der Waals surface area contributed by atoms with Crippen LogP contribution in [0.4, 0.5) is 0 Å². The lowest BCUT2D eigenvalue weighted by molar-refractivity contribution is 0.100. The van der Waals surface area contributed by atoms with Crippen LogP contribution in [0.3, 0.4) is 0 Å². The quantitative estimate of drug-likeness (QED) is 0.820. The van der Waals surface area contributed by atoms with E-state index in [-0.39, 0.29) is 12.3 Å². The molecule has 20 heavy (non-hydrogen) atoms. The van der Waals surface area contributed by atoms with Crippen molar-refractivity contribution in [2.24, 2.45) is 5.73 Å². The third kappa shape index (κ3) is 3.59. The smallest absolute Gasteiger partial charge is 0.176 e. The van der Waals surface area contributed by atoms with Crippen molar-refractivity contribution >= 4 is 5.78 Å². The van der Waals surface area contributed by atoms with E-state index >= 15 is 0 Å². The lowest BCUT2D eigenvalue weighted by Gasteiger charge is -2.08. The van der Waals surface area contributed by atoms with Gasteiger partial charge in [-0.2, -0.15) is 0 Å². The number of benzene rings is 2. The second-order valence-corrected chi connectivity index (χ2v) is 4.16. The van der Waals surface area contributed by atoms with Crippen LogP contribution in [0, 0.1) is 0 Å². The standard InChI is InChI=1S/C16H17NO3/c1-2-19-13-7-9-15(10-8-13)20-14-5-3-12(4-6-14)16(18)11-17/h3-10H,2,11,17H2,1H3. The SMILES string of the molecule is CCOc1ccc(Oc2ccc(C(=O)CN)cc2)cc1. The second kappa shape index (κ2) is 6.73. The molecule has 4 heteroatoms. The molecule has 4 nitrogen and oxygen atoms in total. The number of Topliss-reactive ketones (excluding diaryl/α,β-unsaturated/α-hetero) is 1. The Hall–Kier alpha value is -2.33. The van der Waals surface area contributed by atoms with E-state index < -0.39 is 0 Å². The average Bonchev–Trinajstić information content (AvgIpc) is 2.49. The summed E-state index contributed by atoms with van der Waals surface area (Å²) in [6.07, 6.45) is 0. The molecule has 0 aliphatic rings. The Morgan fingerprint density at radius 1 is 0.950 bits per heavy atom. The first kappa shape index (κ1) is 14.1. The van der Waals surface area contributed by atoms with E-state index in [9.17, 15) is 4.79 Å². The van der Waals surface area contributed by atoms with Crippen LogP contribution in [0.5, 0.6) is 17.2 Å². The minimum absolute atomic E-state index is 0.0130. The molecule has 0 saturated carbocycles. The van der Waals surface area contributed by atoms with Crippen LogP contribution in [0.1, 0.15) is 17.3 Å². The lowest BCUT2D eigenvalue weighted by atomic mass is 10.1. The van der Waals surface area contributed by atoms with Gasteiger partial charge in [0.05, 0.1) is 13.2 Å². The van der Waals surface area contributed by atoms with Gasteiger partial charge in [-0.05, 0) is 55.5 Å². The molecule has 0 aliphatic carbocycles. The summed E-state index contributed by atoms with van der Waals surface area (Å²) in [6.45, 7) is 2.59. The predicted octanol–water partition coefficient (Wildman–Crippen LogP) is 3.02. The average molecular weight is 271 g/mol. The van der Waals surface area contributed by atoms with Crippen molar-refractivity contribution in [3.8, 4) is 17.2 Å². The van der Waals surface area contributed by atoms with E-state index in [4.69, 9.17) is 15.2 Å². The van der Waals surface area contributed by atoms with E-state index in [0.29, 0.717) is 23.7 Å². The first-order chi connectivity index (χ1) is 9.72. The number of carbonyl (C=O) groups excluding carboxylic acids is 1. The molecule has 2 rings (SSSR count). The fourth-order valence-corrected chi connectivity index (χ4v) is 1.73. The van der Waals surface area contributed by atoms with Crippen LogP contribution in [-0.2, 0) is 0 Å². The molecule has 2 aromatic carbocycles. The Morgan fingerprint density at radius 3 is 1.95 bits per heavy atom. The highest BCUT2D eigenvalue weighted by Crippen LogP contribution is 2.24. The number of ether oxygens (including phenoxy) is 2. The molecule has 0 saturated heterocycles. The maximum atomic E-state index is 11.4.